The van der Waals surface area contributed by atoms with E-state index >= 15 is 0 Å². The van der Waals surface area contributed by atoms with Crippen molar-refractivity contribution >= 4 is 11.3 Å². The maximum atomic E-state index is 13.0. The number of anilines is 1. The zero-order valence-electron chi connectivity index (χ0n) is 9.13. The Labute approximate surface area is 93.2 Å². The van der Waals surface area contributed by atoms with E-state index in [1.54, 1.807) is 12.3 Å². The van der Waals surface area contributed by atoms with Gasteiger partial charge in [-0.25, -0.2) is 8.78 Å². The highest BCUT2D eigenvalue weighted by Gasteiger charge is 2.31. The lowest BCUT2D eigenvalue weighted by molar-refractivity contribution is -0.00605. The van der Waals surface area contributed by atoms with Crippen molar-refractivity contribution in [2.24, 2.45) is 0 Å². The van der Waals surface area contributed by atoms with Gasteiger partial charge in [0.1, 0.15) is 0 Å². The lowest BCUT2D eigenvalue weighted by atomic mass is 9.93. The Balaban J connectivity index is 2.33. The van der Waals surface area contributed by atoms with E-state index in [0.29, 0.717) is 17.8 Å². The Morgan fingerprint density at radius 1 is 1.44 bits per heavy atom. The van der Waals surface area contributed by atoms with E-state index in [1.165, 1.54) is 0 Å². The minimum atomic E-state index is -2.57. The molecular weight excluding hydrogens is 210 g/mol. The van der Waals surface area contributed by atoms with Gasteiger partial charge in [-0.15, -0.1) is 0 Å². The number of aromatic nitrogens is 1. The van der Waals surface area contributed by atoms with Gasteiger partial charge in [0.2, 0.25) is 0 Å². The molecule has 0 unspecified atom stereocenters. The number of pyridine rings is 1. The molecule has 1 heterocycles. The summed E-state index contributed by atoms with van der Waals surface area (Å²) in [6.45, 7) is 1.89. The van der Waals surface area contributed by atoms with Crippen LogP contribution >= 0.6 is 0 Å². The summed E-state index contributed by atoms with van der Waals surface area (Å²) in [6.07, 6.45) is 3.23. The van der Waals surface area contributed by atoms with Crippen molar-refractivity contribution in [1.29, 1.82) is 0 Å². The van der Waals surface area contributed by atoms with Crippen LogP contribution in [0.1, 0.15) is 30.5 Å². The molecule has 4 heteroatoms. The third kappa shape index (κ3) is 2.05. The smallest absolute Gasteiger partial charge is 0.251 e. The normalized spacial score (nSPS) is 19.3. The van der Waals surface area contributed by atoms with Gasteiger partial charge in [0.15, 0.2) is 0 Å². The molecule has 1 aromatic rings. The van der Waals surface area contributed by atoms with Gasteiger partial charge >= 0.3 is 0 Å². The molecule has 0 amide bonds. The quantitative estimate of drug-likeness (QED) is 0.795. The van der Waals surface area contributed by atoms with Gasteiger partial charge in [-0.2, -0.15) is 0 Å². The minimum absolute atomic E-state index is 0.117. The fraction of sp³-hybridized carbons (Fsp3) is 0.417. The summed E-state index contributed by atoms with van der Waals surface area (Å²) in [4.78, 5) is 4.17. The van der Waals surface area contributed by atoms with Crippen LogP contribution < -0.4 is 5.73 Å². The minimum Gasteiger partial charge on any atom is -0.397 e. The van der Waals surface area contributed by atoms with Crippen molar-refractivity contribution in [1.82, 2.24) is 4.98 Å². The number of alkyl halides is 2. The number of nitrogens with zero attached hydrogens (tertiary/aromatic N) is 1. The number of hydrogen-bond donors (Lipinski definition) is 1. The summed E-state index contributed by atoms with van der Waals surface area (Å²) in [5.41, 5.74) is 8.92. The molecule has 2 N–H and O–H groups in total. The molecule has 0 saturated heterocycles. The van der Waals surface area contributed by atoms with Gasteiger partial charge in [0.05, 0.1) is 11.4 Å². The molecule has 1 aliphatic carbocycles. The van der Waals surface area contributed by atoms with Crippen LogP contribution in [0.4, 0.5) is 14.5 Å². The largest absolute Gasteiger partial charge is 0.397 e. The molecule has 0 aliphatic heterocycles. The maximum absolute atomic E-state index is 13.0. The molecule has 16 heavy (non-hydrogen) atoms. The summed E-state index contributed by atoms with van der Waals surface area (Å²) < 4.78 is 26.0. The first kappa shape index (κ1) is 11.0. The molecule has 1 aromatic heterocycles. The van der Waals surface area contributed by atoms with Crippen molar-refractivity contribution in [3.05, 3.63) is 29.6 Å². The van der Waals surface area contributed by atoms with E-state index < -0.39 is 5.92 Å². The van der Waals surface area contributed by atoms with Crippen LogP contribution in [0.25, 0.3) is 5.57 Å². The zero-order valence-corrected chi connectivity index (χ0v) is 9.13. The molecular formula is C12H14F2N2. The number of rotatable bonds is 1. The predicted molar refractivity (Wildman–Crippen MR) is 60.2 cm³/mol. The molecule has 0 atom stereocenters. The Morgan fingerprint density at radius 2 is 2.19 bits per heavy atom. The molecule has 0 fully saturated rings. The Morgan fingerprint density at radius 3 is 2.81 bits per heavy atom. The molecule has 2 rings (SSSR count). The molecule has 0 saturated carbocycles. The van der Waals surface area contributed by atoms with E-state index in [2.05, 4.69) is 4.98 Å². The van der Waals surface area contributed by atoms with Crippen LogP contribution in [0.15, 0.2) is 18.3 Å². The van der Waals surface area contributed by atoms with Crippen LogP contribution in [0.2, 0.25) is 0 Å². The Hall–Kier alpha value is -1.45. The van der Waals surface area contributed by atoms with Crippen molar-refractivity contribution < 1.29 is 8.78 Å². The summed E-state index contributed by atoms with van der Waals surface area (Å²) in [6, 6.07) is 1.82. The van der Waals surface area contributed by atoms with Crippen LogP contribution in [0.5, 0.6) is 0 Å². The monoisotopic (exact) mass is 224 g/mol. The van der Waals surface area contributed by atoms with Crippen molar-refractivity contribution in [3.63, 3.8) is 0 Å². The Kier molecular flexibility index (Phi) is 2.66. The maximum Gasteiger partial charge on any atom is 0.251 e. The van der Waals surface area contributed by atoms with E-state index in [1.807, 2.05) is 13.0 Å². The number of nitrogen functional groups attached to an aromatic ring is 1. The molecule has 1 aliphatic rings. The fourth-order valence-electron chi connectivity index (χ4n) is 1.83. The highest BCUT2D eigenvalue weighted by atomic mass is 19.3. The summed E-state index contributed by atoms with van der Waals surface area (Å²) in [5, 5.41) is 0. The van der Waals surface area contributed by atoms with E-state index in [9.17, 15) is 8.78 Å². The van der Waals surface area contributed by atoms with Gasteiger partial charge in [-0.05, 0) is 30.5 Å². The van der Waals surface area contributed by atoms with Crippen LogP contribution in [0, 0.1) is 6.92 Å². The van der Waals surface area contributed by atoms with Gasteiger partial charge in [0, 0.05) is 19.0 Å². The van der Waals surface area contributed by atoms with Gasteiger partial charge in [0.25, 0.3) is 5.92 Å². The van der Waals surface area contributed by atoms with Crippen LogP contribution in [-0.2, 0) is 0 Å². The second-order valence-corrected chi connectivity index (χ2v) is 4.18. The number of halogens is 2. The number of allylic oxidation sites excluding steroid dienone is 2. The Bertz CT molecular complexity index is 439. The molecule has 0 spiro atoms. The average molecular weight is 224 g/mol. The summed E-state index contributed by atoms with van der Waals surface area (Å²) >= 11 is 0. The molecule has 86 valence electrons. The summed E-state index contributed by atoms with van der Waals surface area (Å²) in [7, 11) is 0. The fourth-order valence-corrected chi connectivity index (χ4v) is 1.83. The first-order valence-corrected chi connectivity index (χ1v) is 5.28. The highest BCUT2D eigenvalue weighted by molar-refractivity contribution is 5.74. The highest BCUT2D eigenvalue weighted by Crippen LogP contribution is 2.37. The lowest BCUT2D eigenvalue weighted by Gasteiger charge is -2.22. The first-order valence-electron chi connectivity index (χ1n) is 5.28. The second kappa shape index (κ2) is 3.85. The van der Waals surface area contributed by atoms with Crippen molar-refractivity contribution in [2.45, 2.75) is 32.1 Å². The molecule has 0 bridgehead atoms. The molecule has 2 nitrogen and oxygen atoms in total. The van der Waals surface area contributed by atoms with E-state index in [4.69, 9.17) is 5.73 Å². The molecule has 0 radical (unpaired) electrons. The second-order valence-electron chi connectivity index (χ2n) is 4.18. The predicted octanol–water partition coefficient (Wildman–Crippen LogP) is 3.17. The van der Waals surface area contributed by atoms with Crippen molar-refractivity contribution in [3.8, 4) is 0 Å². The first-order chi connectivity index (χ1) is 7.49. The third-order valence-electron chi connectivity index (χ3n) is 2.92. The van der Waals surface area contributed by atoms with Crippen LogP contribution in [-0.4, -0.2) is 10.9 Å². The van der Waals surface area contributed by atoms with Gasteiger partial charge in [-0.1, -0.05) is 6.08 Å². The molecule has 0 aromatic carbocycles. The van der Waals surface area contributed by atoms with Gasteiger partial charge in [-0.3, -0.25) is 4.98 Å². The number of aryl methyl sites for hydroxylation is 1. The number of nitrogens with two attached hydrogens (primary N) is 1. The van der Waals surface area contributed by atoms with Crippen molar-refractivity contribution in [2.75, 3.05) is 5.73 Å². The van der Waals surface area contributed by atoms with E-state index in [0.717, 1.165) is 11.1 Å². The van der Waals surface area contributed by atoms with E-state index in [-0.39, 0.29) is 12.8 Å². The summed E-state index contributed by atoms with van der Waals surface area (Å²) in [5.74, 6) is -2.57. The topological polar surface area (TPSA) is 38.9 Å². The van der Waals surface area contributed by atoms with Crippen LogP contribution in [0.3, 0.4) is 0 Å². The third-order valence-corrected chi connectivity index (χ3v) is 2.92. The lowest BCUT2D eigenvalue weighted by Crippen LogP contribution is -2.18. The SMILES string of the molecule is Cc1ccnc(C2=CCC(F)(F)CC2)c1N. The van der Waals surface area contributed by atoms with Gasteiger partial charge < -0.3 is 5.73 Å². The standard InChI is InChI=1S/C12H14F2N2/c1-8-4-7-16-11(10(8)15)9-2-5-12(13,14)6-3-9/h2,4,7H,3,5-6,15H2,1H3. The number of hydrogen-bond acceptors (Lipinski definition) is 2. The average Bonchev–Trinajstić information content (AvgIpc) is 2.23. The zero-order chi connectivity index (χ0) is 11.8.